The first-order chi connectivity index (χ1) is 16.6. The van der Waals surface area contributed by atoms with E-state index in [4.69, 9.17) is 19.5 Å². The van der Waals surface area contributed by atoms with Gasteiger partial charge in [-0.15, -0.1) is 0 Å². The number of rotatable bonds is 4. The van der Waals surface area contributed by atoms with Crippen LogP contribution < -0.4 is 25.8 Å². The number of para-hydroxylation sites is 1. The molecule has 1 saturated carbocycles. The first-order valence-corrected chi connectivity index (χ1v) is 11.2. The highest BCUT2D eigenvalue weighted by atomic mass is 16.5. The number of aliphatic imine (C=N–C) groups is 2. The van der Waals surface area contributed by atoms with Crippen molar-refractivity contribution in [1.82, 2.24) is 25.6 Å². The van der Waals surface area contributed by atoms with E-state index in [1.165, 1.54) is 0 Å². The minimum atomic E-state index is -0.485. The SMILES string of the molecule is O=c1[nH]c(O)c(/C=C2\C=NN3C(=NC4CC4)NC(=NCc4cccc5c4OCCCO5)NC23)[nH]1. The van der Waals surface area contributed by atoms with Crippen molar-refractivity contribution >= 4 is 24.2 Å². The van der Waals surface area contributed by atoms with Gasteiger partial charge in [0.1, 0.15) is 5.69 Å². The quantitative estimate of drug-likeness (QED) is 0.450. The van der Waals surface area contributed by atoms with E-state index >= 15 is 0 Å². The van der Waals surface area contributed by atoms with Crippen LogP contribution in [0.3, 0.4) is 0 Å². The molecule has 176 valence electrons. The molecule has 2 aromatic rings. The van der Waals surface area contributed by atoms with Gasteiger partial charge in [-0.2, -0.15) is 5.10 Å². The molecule has 1 unspecified atom stereocenters. The van der Waals surface area contributed by atoms with E-state index in [0.29, 0.717) is 31.7 Å². The monoisotopic (exact) mass is 464 g/mol. The molecular weight excluding hydrogens is 440 g/mol. The summed E-state index contributed by atoms with van der Waals surface area (Å²) in [6.07, 6.45) is 5.85. The maximum atomic E-state index is 11.5. The van der Waals surface area contributed by atoms with Crippen LogP contribution in [0.1, 0.15) is 30.5 Å². The maximum absolute atomic E-state index is 11.5. The minimum Gasteiger partial charge on any atom is -0.493 e. The maximum Gasteiger partial charge on any atom is 0.326 e. The molecule has 1 saturated heterocycles. The molecule has 1 aliphatic carbocycles. The number of aromatic nitrogens is 2. The van der Waals surface area contributed by atoms with Crippen molar-refractivity contribution in [3.63, 3.8) is 0 Å². The van der Waals surface area contributed by atoms with Crippen molar-refractivity contribution in [2.45, 2.75) is 38.0 Å². The Balaban J connectivity index is 1.29. The van der Waals surface area contributed by atoms with Crippen LogP contribution in [0, 0.1) is 0 Å². The van der Waals surface area contributed by atoms with Crippen molar-refractivity contribution in [3.05, 3.63) is 45.5 Å². The number of fused-ring (bicyclic) bond motifs is 2. The molecule has 12 heteroatoms. The molecule has 0 spiro atoms. The first kappa shape index (κ1) is 20.4. The molecule has 6 rings (SSSR count). The summed E-state index contributed by atoms with van der Waals surface area (Å²) in [5.74, 6) is 2.37. The molecule has 0 radical (unpaired) electrons. The number of nitrogens with zero attached hydrogens (tertiary/aromatic N) is 4. The summed E-state index contributed by atoms with van der Waals surface area (Å²) in [5, 5.41) is 22.7. The number of H-pyrrole nitrogens is 2. The van der Waals surface area contributed by atoms with Crippen molar-refractivity contribution in [2.75, 3.05) is 13.2 Å². The van der Waals surface area contributed by atoms with Crippen molar-refractivity contribution in [2.24, 2.45) is 15.1 Å². The summed E-state index contributed by atoms with van der Waals surface area (Å²) in [4.78, 5) is 25.9. The van der Waals surface area contributed by atoms with Crippen LogP contribution in [0.2, 0.25) is 0 Å². The Labute approximate surface area is 194 Å². The predicted octanol–water partition coefficient (Wildman–Crippen LogP) is 0.848. The molecular formula is C22H24N8O4. The molecule has 3 aliphatic heterocycles. The van der Waals surface area contributed by atoms with Gasteiger partial charge in [0.15, 0.2) is 23.6 Å². The van der Waals surface area contributed by atoms with Crippen LogP contribution in [0.25, 0.3) is 6.08 Å². The number of nitrogens with one attached hydrogen (secondary N) is 4. The Morgan fingerprint density at radius 1 is 1.24 bits per heavy atom. The highest BCUT2D eigenvalue weighted by molar-refractivity contribution is 6.05. The van der Waals surface area contributed by atoms with Gasteiger partial charge in [-0.3, -0.25) is 10.3 Å². The third-order valence-electron chi connectivity index (χ3n) is 5.77. The number of hydrazone groups is 1. The Kier molecular flexibility index (Phi) is 4.97. The van der Waals surface area contributed by atoms with Gasteiger partial charge < -0.3 is 24.9 Å². The molecule has 12 nitrogen and oxygen atoms in total. The molecule has 0 amide bonds. The zero-order chi connectivity index (χ0) is 23.1. The number of ether oxygens (including phenoxy) is 2. The summed E-state index contributed by atoms with van der Waals surface area (Å²) in [7, 11) is 0. The minimum absolute atomic E-state index is 0.231. The number of aromatic amines is 2. The fourth-order valence-electron chi connectivity index (χ4n) is 3.93. The van der Waals surface area contributed by atoms with Crippen molar-refractivity contribution < 1.29 is 14.6 Å². The summed E-state index contributed by atoms with van der Waals surface area (Å²) < 4.78 is 11.7. The van der Waals surface area contributed by atoms with Gasteiger partial charge >= 0.3 is 5.69 Å². The van der Waals surface area contributed by atoms with E-state index in [1.807, 2.05) is 18.2 Å². The molecule has 2 fully saturated rings. The van der Waals surface area contributed by atoms with Crippen LogP contribution in [0.5, 0.6) is 17.4 Å². The second kappa shape index (κ2) is 8.28. The smallest absolute Gasteiger partial charge is 0.326 e. The first-order valence-electron chi connectivity index (χ1n) is 11.2. The van der Waals surface area contributed by atoms with E-state index in [9.17, 15) is 9.90 Å². The molecule has 34 heavy (non-hydrogen) atoms. The molecule has 0 bridgehead atoms. The predicted molar refractivity (Wildman–Crippen MR) is 125 cm³/mol. The zero-order valence-corrected chi connectivity index (χ0v) is 18.2. The highest BCUT2D eigenvalue weighted by Crippen LogP contribution is 2.34. The molecule has 4 heterocycles. The van der Waals surface area contributed by atoms with E-state index in [-0.39, 0.29) is 17.6 Å². The van der Waals surface area contributed by atoms with Crippen LogP contribution >= 0.6 is 0 Å². The second-order valence-electron chi connectivity index (χ2n) is 8.39. The fraction of sp³-hybridized carbons (Fsp3) is 0.364. The zero-order valence-electron chi connectivity index (χ0n) is 18.2. The lowest BCUT2D eigenvalue weighted by Crippen LogP contribution is -2.62. The van der Waals surface area contributed by atoms with Gasteiger partial charge in [0.05, 0.1) is 32.0 Å². The van der Waals surface area contributed by atoms with Gasteiger partial charge in [0.2, 0.25) is 11.8 Å². The average Bonchev–Trinajstić information content (AvgIpc) is 3.53. The highest BCUT2D eigenvalue weighted by Gasteiger charge is 2.37. The van der Waals surface area contributed by atoms with Crippen LogP contribution in [0.4, 0.5) is 0 Å². The Morgan fingerprint density at radius 2 is 2.12 bits per heavy atom. The number of aromatic hydroxyl groups is 1. The molecule has 5 N–H and O–H groups in total. The summed E-state index contributed by atoms with van der Waals surface area (Å²) in [6.45, 7) is 1.60. The summed E-state index contributed by atoms with van der Waals surface area (Å²) in [6, 6.07) is 6.08. The molecule has 1 aromatic heterocycles. The molecule has 1 atom stereocenters. The lowest BCUT2D eigenvalue weighted by Gasteiger charge is -2.33. The lowest BCUT2D eigenvalue weighted by molar-refractivity contribution is 0.296. The van der Waals surface area contributed by atoms with Crippen LogP contribution in [-0.2, 0) is 6.54 Å². The second-order valence-corrected chi connectivity index (χ2v) is 8.39. The number of hydrogen-bond donors (Lipinski definition) is 5. The standard InChI is InChI=1S/C22H24N8O4/c31-19-15(26-22(32)28-19)9-13-11-24-30-18(13)27-20(29-21(30)25-14-5-6-14)23-10-12-3-1-4-16-17(12)34-8-2-7-33-16/h1,3-4,9,11,14,18,31H,2,5-8,10H2,(H2,26,28,32)(H2,23,25,27,29)/b13-9+. The van der Waals surface area contributed by atoms with Crippen LogP contribution in [-0.4, -0.2) is 63.6 Å². The average molecular weight is 464 g/mol. The fourth-order valence-corrected chi connectivity index (χ4v) is 3.93. The number of benzene rings is 1. The van der Waals surface area contributed by atoms with Gasteiger partial charge in [0.25, 0.3) is 0 Å². The number of hydrogen-bond acceptors (Lipinski definition) is 7. The summed E-state index contributed by atoms with van der Waals surface area (Å²) >= 11 is 0. The topological polar surface area (TPSA) is 152 Å². The Morgan fingerprint density at radius 3 is 2.94 bits per heavy atom. The normalized spacial score (nSPS) is 24.8. The van der Waals surface area contributed by atoms with E-state index < -0.39 is 11.9 Å². The van der Waals surface area contributed by atoms with Gasteiger partial charge in [0, 0.05) is 17.6 Å². The van der Waals surface area contributed by atoms with E-state index in [0.717, 1.165) is 41.9 Å². The Hall–Kier alpha value is -4.22. The number of imidazole rings is 1. The third-order valence-corrected chi connectivity index (χ3v) is 5.77. The van der Waals surface area contributed by atoms with E-state index in [2.05, 4.69) is 25.7 Å². The largest absolute Gasteiger partial charge is 0.493 e. The lowest BCUT2D eigenvalue weighted by atomic mass is 10.1. The van der Waals surface area contributed by atoms with Crippen molar-refractivity contribution in [3.8, 4) is 17.4 Å². The van der Waals surface area contributed by atoms with Crippen molar-refractivity contribution in [1.29, 1.82) is 0 Å². The number of guanidine groups is 2. The molecule has 4 aliphatic rings. The summed E-state index contributed by atoms with van der Waals surface area (Å²) in [5.41, 5.74) is 1.44. The van der Waals surface area contributed by atoms with Gasteiger partial charge in [-0.25, -0.2) is 19.8 Å². The Bertz CT molecular complexity index is 1290. The van der Waals surface area contributed by atoms with E-state index in [1.54, 1.807) is 17.3 Å². The third kappa shape index (κ3) is 3.98. The van der Waals surface area contributed by atoms with Gasteiger partial charge in [-0.05, 0) is 25.0 Å². The van der Waals surface area contributed by atoms with Crippen LogP contribution in [0.15, 0.2) is 43.7 Å². The molecule has 1 aromatic carbocycles. The van der Waals surface area contributed by atoms with Gasteiger partial charge in [-0.1, -0.05) is 12.1 Å².